The first kappa shape index (κ1) is 11.1. The summed E-state index contributed by atoms with van der Waals surface area (Å²) < 4.78 is 0. The van der Waals surface area contributed by atoms with Crippen molar-refractivity contribution in [3.8, 4) is 0 Å². The van der Waals surface area contributed by atoms with E-state index in [9.17, 15) is 4.79 Å². The molecule has 0 saturated carbocycles. The maximum absolute atomic E-state index is 11.3. The van der Waals surface area contributed by atoms with Gasteiger partial charge in [-0.2, -0.15) is 0 Å². The number of rotatable bonds is 3. The third kappa shape index (κ3) is 2.58. The Morgan fingerprint density at radius 3 is 3.06 bits per heavy atom. The highest BCUT2D eigenvalue weighted by Crippen LogP contribution is 2.14. The molecule has 2 N–H and O–H groups in total. The molecule has 2 rings (SSSR count). The molecule has 1 fully saturated rings. The Bertz CT molecular complexity index is 355. The van der Waals surface area contributed by atoms with Crippen molar-refractivity contribution in [3.63, 3.8) is 0 Å². The molecule has 0 aliphatic carbocycles. The van der Waals surface area contributed by atoms with Gasteiger partial charge in [-0.1, -0.05) is 6.07 Å². The molecule has 4 nitrogen and oxygen atoms in total. The van der Waals surface area contributed by atoms with Crippen LogP contribution in [-0.4, -0.2) is 31.0 Å². The minimum Gasteiger partial charge on any atom is -0.354 e. The summed E-state index contributed by atoms with van der Waals surface area (Å²) in [5.41, 5.74) is 1.69. The highest BCUT2D eigenvalue weighted by Gasteiger charge is 2.15. The average Bonchev–Trinajstić information content (AvgIpc) is 2.82. The van der Waals surface area contributed by atoms with Crippen molar-refractivity contribution in [2.75, 3.05) is 20.1 Å². The lowest BCUT2D eigenvalue weighted by Gasteiger charge is -2.07. The molecule has 0 spiro atoms. The fourth-order valence-corrected chi connectivity index (χ4v) is 2.03. The van der Waals surface area contributed by atoms with Gasteiger partial charge < -0.3 is 10.6 Å². The van der Waals surface area contributed by atoms with Crippen molar-refractivity contribution in [1.82, 2.24) is 15.6 Å². The van der Waals surface area contributed by atoms with Gasteiger partial charge in [-0.3, -0.25) is 9.78 Å². The lowest BCUT2D eigenvalue weighted by molar-refractivity contribution is 0.0958. The van der Waals surface area contributed by atoms with Crippen molar-refractivity contribution >= 4 is 5.91 Å². The summed E-state index contributed by atoms with van der Waals surface area (Å²) in [5.74, 6) is 0.585. The van der Waals surface area contributed by atoms with Gasteiger partial charge in [-0.05, 0) is 43.5 Å². The van der Waals surface area contributed by atoms with Crippen LogP contribution in [0.1, 0.15) is 22.5 Å². The second-order valence-corrected chi connectivity index (χ2v) is 4.19. The smallest absolute Gasteiger partial charge is 0.269 e. The Hall–Kier alpha value is -1.42. The number of hydrogen-bond acceptors (Lipinski definition) is 3. The van der Waals surface area contributed by atoms with Crippen LogP contribution >= 0.6 is 0 Å². The molecule has 2 heterocycles. The Balaban J connectivity index is 1.98. The summed E-state index contributed by atoms with van der Waals surface area (Å²) in [6.07, 6.45) is 4.09. The fourth-order valence-electron chi connectivity index (χ4n) is 2.03. The molecular formula is C12H17N3O. The molecular weight excluding hydrogens is 202 g/mol. The minimum atomic E-state index is -0.130. The van der Waals surface area contributed by atoms with Crippen molar-refractivity contribution in [2.24, 2.45) is 5.92 Å². The van der Waals surface area contributed by atoms with Gasteiger partial charge in [0.15, 0.2) is 0 Å². The quantitative estimate of drug-likeness (QED) is 0.782. The van der Waals surface area contributed by atoms with Gasteiger partial charge in [0.1, 0.15) is 5.69 Å². The van der Waals surface area contributed by atoms with E-state index in [0.717, 1.165) is 19.5 Å². The topological polar surface area (TPSA) is 54.0 Å². The van der Waals surface area contributed by atoms with Crippen LogP contribution in [-0.2, 0) is 6.42 Å². The Morgan fingerprint density at radius 2 is 2.50 bits per heavy atom. The second-order valence-electron chi connectivity index (χ2n) is 4.19. The number of hydrogen-bond donors (Lipinski definition) is 2. The highest BCUT2D eigenvalue weighted by molar-refractivity contribution is 5.91. The summed E-state index contributed by atoms with van der Waals surface area (Å²) in [4.78, 5) is 15.4. The minimum absolute atomic E-state index is 0.130. The molecule has 1 aromatic rings. The third-order valence-corrected chi connectivity index (χ3v) is 2.97. The molecule has 0 unspecified atom stereocenters. The van der Waals surface area contributed by atoms with Gasteiger partial charge in [0.25, 0.3) is 5.91 Å². The zero-order chi connectivity index (χ0) is 11.4. The van der Waals surface area contributed by atoms with E-state index in [1.54, 1.807) is 13.1 Å². The largest absolute Gasteiger partial charge is 0.354 e. The van der Waals surface area contributed by atoms with E-state index in [1.165, 1.54) is 12.0 Å². The molecule has 1 aliphatic heterocycles. The monoisotopic (exact) mass is 219 g/mol. The molecule has 0 bridgehead atoms. The normalized spacial score (nSPS) is 19.7. The Morgan fingerprint density at radius 1 is 1.62 bits per heavy atom. The lowest BCUT2D eigenvalue weighted by Crippen LogP contribution is -2.19. The number of nitrogens with one attached hydrogen (secondary N) is 2. The van der Waals surface area contributed by atoms with Gasteiger partial charge in [0.05, 0.1) is 0 Å². The molecule has 16 heavy (non-hydrogen) atoms. The Kier molecular flexibility index (Phi) is 3.51. The van der Waals surface area contributed by atoms with E-state index >= 15 is 0 Å². The molecule has 4 heteroatoms. The van der Waals surface area contributed by atoms with Crippen LogP contribution in [0.15, 0.2) is 18.3 Å². The van der Waals surface area contributed by atoms with Crippen LogP contribution in [0.25, 0.3) is 0 Å². The first-order valence-electron chi connectivity index (χ1n) is 5.67. The number of pyridine rings is 1. The van der Waals surface area contributed by atoms with E-state index in [4.69, 9.17) is 0 Å². The zero-order valence-electron chi connectivity index (χ0n) is 9.49. The summed E-state index contributed by atoms with van der Waals surface area (Å²) in [6.45, 7) is 2.21. The summed E-state index contributed by atoms with van der Waals surface area (Å²) in [5, 5.41) is 5.91. The molecule has 1 aromatic heterocycles. The van der Waals surface area contributed by atoms with E-state index < -0.39 is 0 Å². The summed E-state index contributed by atoms with van der Waals surface area (Å²) in [6, 6.07) is 3.78. The van der Waals surface area contributed by atoms with Crippen molar-refractivity contribution in [1.29, 1.82) is 0 Å². The van der Waals surface area contributed by atoms with Gasteiger partial charge in [-0.25, -0.2) is 0 Å². The van der Waals surface area contributed by atoms with Crippen LogP contribution in [0.3, 0.4) is 0 Å². The van der Waals surface area contributed by atoms with E-state index in [2.05, 4.69) is 15.6 Å². The van der Waals surface area contributed by atoms with Gasteiger partial charge in [0, 0.05) is 13.2 Å². The van der Waals surface area contributed by atoms with Crippen molar-refractivity contribution in [3.05, 3.63) is 29.6 Å². The SMILES string of the molecule is CNC(=O)c1ccc(C[C@@H]2CCNC2)cn1. The van der Waals surface area contributed by atoms with Crippen LogP contribution in [0.2, 0.25) is 0 Å². The summed E-state index contributed by atoms with van der Waals surface area (Å²) in [7, 11) is 1.61. The van der Waals surface area contributed by atoms with Gasteiger partial charge in [-0.15, -0.1) is 0 Å². The number of amides is 1. The van der Waals surface area contributed by atoms with E-state index in [-0.39, 0.29) is 5.91 Å². The maximum Gasteiger partial charge on any atom is 0.269 e. The maximum atomic E-state index is 11.3. The van der Waals surface area contributed by atoms with Crippen molar-refractivity contribution in [2.45, 2.75) is 12.8 Å². The van der Waals surface area contributed by atoms with Gasteiger partial charge in [0.2, 0.25) is 0 Å². The van der Waals surface area contributed by atoms with Crippen molar-refractivity contribution < 1.29 is 4.79 Å². The van der Waals surface area contributed by atoms with Gasteiger partial charge >= 0.3 is 0 Å². The molecule has 1 amide bonds. The molecule has 86 valence electrons. The zero-order valence-corrected chi connectivity index (χ0v) is 9.49. The molecule has 0 aromatic carbocycles. The first-order chi connectivity index (χ1) is 7.79. The number of carbonyl (C=O) groups excluding carboxylic acids is 1. The third-order valence-electron chi connectivity index (χ3n) is 2.97. The predicted octanol–water partition coefficient (Wildman–Crippen LogP) is 0.593. The number of carbonyl (C=O) groups is 1. The lowest BCUT2D eigenvalue weighted by atomic mass is 10.00. The molecule has 1 atom stereocenters. The van der Waals surface area contributed by atoms with E-state index in [0.29, 0.717) is 11.6 Å². The fraction of sp³-hybridized carbons (Fsp3) is 0.500. The standard InChI is InChI=1S/C12H17N3O/c1-13-12(16)11-3-2-9(8-15-11)6-10-4-5-14-7-10/h2-3,8,10,14H,4-7H2,1H3,(H,13,16)/t10-/m0/s1. The Labute approximate surface area is 95.5 Å². The number of aromatic nitrogens is 1. The molecule has 1 aliphatic rings. The van der Waals surface area contributed by atoms with Crippen LogP contribution in [0.5, 0.6) is 0 Å². The van der Waals surface area contributed by atoms with Crippen LogP contribution in [0.4, 0.5) is 0 Å². The highest BCUT2D eigenvalue weighted by atomic mass is 16.1. The van der Waals surface area contributed by atoms with Crippen LogP contribution in [0, 0.1) is 5.92 Å². The molecule has 1 saturated heterocycles. The average molecular weight is 219 g/mol. The number of nitrogens with zero attached hydrogens (tertiary/aromatic N) is 1. The summed E-state index contributed by atoms with van der Waals surface area (Å²) >= 11 is 0. The van der Waals surface area contributed by atoms with E-state index in [1.807, 2.05) is 12.3 Å². The second kappa shape index (κ2) is 5.07. The first-order valence-corrected chi connectivity index (χ1v) is 5.67. The molecule has 0 radical (unpaired) electrons. The van der Waals surface area contributed by atoms with Crippen LogP contribution < -0.4 is 10.6 Å². The predicted molar refractivity (Wildman–Crippen MR) is 62.3 cm³/mol.